The molecule has 2 amide bonds. The average Bonchev–Trinajstić information content (AvgIpc) is 2.62. The van der Waals surface area contributed by atoms with Gasteiger partial charge in [0.25, 0.3) is 5.91 Å². The number of hydrogen-bond donors (Lipinski definition) is 1. The molecule has 2 aromatic rings. The molecule has 0 spiro atoms. The summed E-state index contributed by atoms with van der Waals surface area (Å²) in [5, 5.41) is 2.90. The predicted molar refractivity (Wildman–Crippen MR) is 94.6 cm³/mol. The fourth-order valence-electron chi connectivity index (χ4n) is 2.85. The van der Waals surface area contributed by atoms with Crippen molar-refractivity contribution >= 4 is 17.5 Å². The second kappa shape index (κ2) is 7.34. The van der Waals surface area contributed by atoms with E-state index in [1.165, 1.54) is 4.90 Å². The van der Waals surface area contributed by atoms with E-state index in [1.54, 1.807) is 19.3 Å². The number of anilines is 1. The molecule has 1 atom stereocenters. The second-order valence-electron chi connectivity index (χ2n) is 6.10. The van der Waals surface area contributed by atoms with E-state index in [0.29, 0.717) is 24.4 Å². The van der Waals surface area contributed by atoms with Gasteiger partial charge in [-0.15, -0.1) is 0 Å². The average molecular weight is 339 g/mol. The van der Waals surface area contributed by atoms with E-state index in [4.69, 9.17) is 4.74 Å². The summed E-state index contributed by atoms with van der Waals surface area (Å²) in [7, 11) is 0. The first-order valence-electron chi connectivity index (χ1n) is 8.28. The van der Waals surface area contributed by atoms with Crippen LogP contribution < -0.4 is 15.0 Å². The SMILES string of the molecule is Cc1ccc2c(c1)N(C(C)C(=O)NCCc1ccncc1)C(=O)CO2. The van der Waals surface area contributed by atoms with Crippen LogP contribution in [0.5, 0.6) is 5.75 Å². The normalized spacial score (nSPS) is 14.5. The van der Waals surface area contributed by atoms with Gasteiger partial charge in [-0.25, -0.2) is 0 Å². The van der Waals surface area contributed by atoms with Gasteiger partial charge >= 0.3 is 0 Å². The molecular weight excluding hydrogens is 318 g/mol. The molecule has 1 aliphatic heterocycles. The molecule has 6 heteroatoms. The Hall–Kier alpha value is -2.89. The third kappa shape index (κ3) is 3.79. The number of hydrogen-bond acceptors (Lipinski definition) is 4. The van der Waals surface area contributed by atoms with Crippen LogP contribution in [0.2, 0.25) is 0 Å². The lowest BCUT2D eigenvalue weighted by Gasteiger charge is -2.33. The third-order valence-electron chi connectivity index (χ3n) is 4.22. The van der Waals surface area contributed by atoms with Gasteiger partial charge in [-0.05, 0) is 55.7 Å². The van der Waals surface area contributed by atoms with Gasteiger partial charge in [0.1, 0.15) is 11.8 Å². The number of aryl methyl sites for hydroxylation is 1. The molecule has 2 heterocycles. The zero-order valence-electron chi connectivity index (χ0n) is 14.4. The highest BCUT2D eigenvalue weighted by molar-refractivity contribution is 6.03. The highest BCUT2D eigenvalue weighted by Gasteiger charge is 2.32. The molecule has 1 N–H and O–H groups in total. The Bertz CT molecular complexity index is 777. The monoisotopic (exact) mass is 339 g/mol. The van der Waals surface area contributed by atoms with Crippen molar-refractivity contribution in [1.29, 1.82) is 0 Å². The van der Waals surface area contributed by atoms with Gasteiger partial charge in [0.05, 0.1) is 5.69 Å². The van der Waals surface area contributed by atoms with E-state index >= 15 is 0 Å². The van der Waals surface area contributed by atoms with Crippen molar-refractivity contribution in [3.8, 4) is 5.75 Å². The molecule has 130 valence electrons. The van der Waals surface area contributed by atoms with Crippen LogP contribution in [0.25, 0.3) is 0 Å². The number of benzene rings is 1. The number of ether oxygens (including phenoxy) is 1. The fourth-order valence-corrected chi connectivity index (χ4v) is 2.85. The van der Waals surface area contributed by atoms with E-state index in [-0.39, 0.29) is 18.4 Å². The van der Waals surface area contributed by atoms with Crippen molar-refractivity contribution < 1.29 is 14.3 Å². The number of carbonyl (C=O) groups is 2. The number of fused-ring (bicyclic) bond motifs is 1. The van der Waals surface area contributed by atoms with Crippen molar-refractivity contribution in [2.75, 3.05) is 18.1 Å². The zero-order chi connectivity index (χ0) is 17.8. The van der Waals surface area contributed by atoms with Gasteiger partial charge in [0, 0.05) is 18.9 Å². The lowest BCUT2D eigenvalue weighted by molar-refractivity contribution is -0.127. The lowest BCUT2D eigenvalue weighted by Crippen LogP contribution is -2.51. The Labute approximate surface area is 146 Å². The smallest absolute Gasteiger partial charge is 0.265 e. The van der Waals surface area contributed by atoms with Crippen LogP contribution in [0.1, 0.15) is 18.1 Å². The van der Waals surface area contributed by atoms with E-state index in [0.717, 1.165) is 11.1 Å². The Morgan fingerprint density at radius 2 is 2.08 bits per heavy atom. The molecule has 25 heavy (non-hydrogen) atoms. The number of nitrogens with zero attached hydrogens (tertiary/aromatic N) is 2. The maximum atomic E-state index is 12.5. The summed E-state index contributed by atoms with van der Waals surface area (Å²) in [5.41, 5.74) is 2.76. The minimum atomic E-state index is -0.602. The van der Waals surface area contributed by atoms with Gasteiger partial charge in [-0.3, -0.25) is 19.5 Å². The van der Waals surface area contributed by atoms with E-state index in [2.05, 4.69) is 10.3 Å². The maximum absolute atomic E-state index is 12.5. The Morgan fingerprint density at radius 3 is 2.84 bits per heavy atom. The highest BCUT2D eigenvalue weighted by atomic mass is 16.5. The summed E-state index contributed by atoms with van der Waals surface area (Å²) in [6.45, 7) is 4.13. The topological polar surface area (TPSA) is 71.5 Å². The van der Waals surface area contributed by atoms with Crippen molar-refractivity contribution in [3.05, 3.63) is 53.9 Å². The van der Waals surface area contributed by atoms with Crippen LogP contribution in [-0.4, -0.2) is 36.0 Å². The summed E-state index contributed by atoms with van der Waals surface area (Å²) >= 11 is 0. The Kier molecular flexibility index (Phi) is 4.97. The number of nitrogens with one attached hydrogen (secondary N) is 1. The summed E-state index contributed by atoms with van der Waals surface area (Å²) in [6, 6.07) is 8.85. The molecule has 1 aromatic heterocycles. The highest BCUT2D eigenvalue weighted by Crippen LogP contribution is 2.34. The second-order valence-corrected chi connectivity index (χ2v) is 6.10. The minimum absolute atomic E-state index is 0.0509. The van der Waals surface area contributed by atoms with Gasteiger partial charge in [0.15, 0.2) is 6.61 Å². The van der Waals surface area contributed by atoms with Crippen molar-refractivity contribution in [2.45, 2.75) is 26.3 Å². The fraction of sp³-hybridized carbons (Fsp3) is 0.316. The molecule has 0 radical (unpaired) electrons. The number of amides is 2. The standard InChI is InChI=1S/C19H21N3O3/c1-13-3-4-17-16(11-13)22(18(23)12-25-17)14(2)19(24)21-10-7-15-5-8-20-9-6-15/h3-6,8-9,11,14H,7,10,12H2,1-2H3,(H,21,24). The number of aromatic nitrogens is 1. The van der Waals surface area contributed by atoms with E-state index < -0.39 is 6.04 Å². The van der Waals surface area contributed by atoms with Gasteiger partial charge < -0.3 is 10.1 Å². The van der Waals surface area contributed by atoms with Crippen molar-refractivity contribution in [3.63, 3.8) is 0 Å². The first-order chi connectivity index (χ1) is 12.1. The molecular formula is C19H21N3O3. The third-order valence-corrected chi connectivity index (χ3v) is 4.22. The number of pyridine rings is 1. The van der Waals surface area contributed by atoms with Crippen LogP contribution in [0.4, 0.5) is 5.69 Å². The summed E-state index contributed by atoms with van der Waals surface area (Å²) in [4.78, 5) is 30.3. The molecule has 0 bridgehead atoms. The predicted octanol–water partition coefficient (Wildman–Crippen LogP) is 1.86. The van der Waals surface area contributed by atoms with Gasteiger partial charge in [-0.2, -0.15) is 0 Å². The van der Waals surface area contributed by atoms with Crippen LogP contribution in [0.15, 0.2) is 42.7 Å². The molecule has 0 saturated carbocycles. The van der Waals surface area contributed by atoms with E-state index in [1.807, 2.05) is 37.3 Å². The molecule has 0 fully saturated rings. The molecule has 6 nitrogen and oxygen atoms in total. The summed E-state index contributed by atoms with van der Waals surface area (Å²) in [6.07, 6.45) is 4.17. The summed E-state index contributed by atoms with van der Waals surface area (Å²) in [5.74, 6) is 0.230. The quantitative estimate of drug-likeness (QED) is 0.903. The molecule has 0 saturated heterocycles. The largest absolute Gasteiger partial charge is 0.482 e. The zero-order valence-corrected chi connectivity index (χ0v) is 14.4. The van der Waals surface area contributed by atoms with Crippen LogP contribution in [0, 0.1) is 6.92 Å². The van der Waals surface area contributed by atoms with Gasteiger partial charge in [-0.1, -0.05) is 6.07 Å². The molecule has 0 aliphatic carbocycles. The van der Waals surface area contributed by atoms with E-state index in [9.17, 15) is 9.59 Å². The molecule has 1 aliphatic rings. The molecule has 1 unspecified atom stereocenters. The van der Waals surface area contributed by atoms with Crippen LogP contribution in [-0.2, 0) is 16.0 Å². The number of carbonyl (C=O) groups excluding carboxylic acids is 2. The van der Waals surface area contributed by atoms with Crippen molar-refractivity contribution in [2.24, 2.45) is 0 Å². The Morgan fingerprint density at radius 1 is 1.32 bits per heavy atom. The summed E-state index contributed by atoms with van der Waals surface area (Å²) < 4.78 is 5.46. The van der Waals surface area contributed by atoms with Crippen LogP contribution >= 0.6 is 0 Å². The first-order valence-corrected chi connectivity index (χ1v) is 8.28. The van der Waals surface area contributed by atoms with Gasteiger partial charge in [0.2, 0.25) is 5.91 Å². The Balaban J connectivity index is 1.67. The maximum Gasteiger partial charge on any atom is 0.265 e. The number of rotatable bonds is 5. The molecule has 3 rings (SSSR count). The van der Waals surface area contributed by atoms with Crippen molar-refractivity contribution in [1.82, 2.24) is 10.3 Å². The first kappa shape index (κ1) is 17.0. The molecule has 1 aromatic carbocycles. The van der Waals surface area contributed by atoms with Crippen LogP contribution in [0.3, 0.4) is 0 Å². The lowest BCUT2D eigenvalue weighted by atomic mass is 10.1. The minimum Gasteiger partial charge on any atom is -0.482 e.